The van der Waals surface area contributed by atoms with Crippen LogP contribution in [-0.2, 0) is 16.0 Å². The van der Waals surface area contributed by atoms with Gasteiger partial charge in [0.25, 0.3) is 0 Å². The van der Waals surface area contributed by atoms with Crippen molar-refractivity contribution in [3.05, 3.63) is 35.4 Å². The molecule has 0 saturated heterocycles. The topological polar surface area (TPSA) is 49.4 Å². The molecule has 1 aromatic carbocycles. The van der Waals surface area contributed by atoms with Gasteiger partial charge in [0.1, 0.15) is 6.04 Å². The van der Waals surface area contributed by atoms with Crippen LogP contribution < -0.4 is 5.32 Å². The summed E-state index contributed by atoms with van der Waals surface area (Å²) in [5.41, 5.74) is 2.57. The third-order valence-electron chi connectivity index (χ3n) is 3.94. The molecule has 1 aliphatic carbocycles. The van der Waals surface area contributed by atoms with E-state index in [4.69, 9.17) is 0 Å². The zero-order valence-electron chi connectivity index (χ0n) is 12.3. The first kappa shape index (κ1) is 14.6. The lowest BCUT2D eigenvalue weighted by Gasteiger charge is -2.34. The predicted octanol–water partition coefficient (Wildman–Crippen LogP) is 2.05. The van der Waals surface area contributed by atoms with Gasteiger partial charge in [-0.05, 0) is 37.3 Å². The van der Waals surface area contributed by atoms with Crippen LogP contribution in [0.25, 0.3) is 0 Å². The van der Waals surface area contributed by atoms with Crippen molar-refractivity contribution in [3.8, 4) is 0 Å². The Morgan fingerprint density at radius 2 is 2.05 bits per heavy atom. The van der Waals surface area contributed by atoms with Crippen molar-refractivity contribution in [1.29, 1.82) is 0 Å². The van der Waals surface area contributed by atoms with Gasteiger partial charge >= 0.3 is 0 Å². The van der Waals surface area contributed by atoms with E-state index in [1.807, 2.05) is 19.2 Å². The Hall–Kier alpha value is -1.84. The minimum atomic E-state index is -0.480. The molecule has 4 heteroatoms. The van der Waals surface area contributed by atoms with Crippen molar-refractivity contribution in [2.24, 2.45) is 0 Å². The molecule has 0 heterocycles. The van der Waals surface area contributed by atoms with Crippen LogP contribution in [0.15, 0.2) is 24.3 Å². The number of nitrogens with zero attached hydrogens (tertiary/aromatic N) is 1. The Morgan fingerprint density at radius 3 is 2.75 bits per heavy atom. The summed E-state index contributed by atoms with van der Waals surface area (Å²) in [7, 11) is 1.83. The van der Waals surface area contributed by atoms with Crippen LogP contribution in [0.1, 0.15) is 43.9 Å². The number of fused-ring (bicyclic) bond motifs is 1. The zero-order valence-corrected chi connectivity index (χ0v) is 12.3. The van der Waals surface area contributed by atoms with E-state index in [2.05, 4.69) is 17.4 Å². The van der Waals surface area contributed by atoms with Crippen LogP contribution in [0.2, 0.25) is 0 Å². The van der Waals surface area contributed by atoms with E-state index < -0.39 is 6.04 Å². The highest BCUT2D eigenvalue weighted by atomic mass is 16.2. The zero-order chi connectivity index (χ0) is 14.7. The molecule has 2 rings (SSSR count). The lowest BCUT2D eigenvalue weighted by atomic mass is 9.87. The number of likely N-dealkylation sites (N-methyl/N-ethyl adjacent to an activating group) is 1. The molecular formula is C16H22N2O2. The van der Waals surface area contributed by atoms with Crippen LogP contribution in [0.5, 0.6) is 0 Å². The van der Waals surface area contributed by atoms with Crippen LogP contribution in [0.3, 0.4) is 0 Å². The van der Waals surface area contributed by atoms with Crippen molar-refractivity contribution >= 4 is 11.8 Å². The molecule has 0 radical (unpaired) electrons. The van der Waals surface area contributed by atoms with Crippen molar-refractivity contribution in [2.75, 3.05) is 7.05 Å². The second kappa shape index (κ2) is 6.07. The molecule has 2 amide bonds. The molecule has 0 bridgehead atoms. The molecule has 0 spiro atoms. The molecule has 0 saturated carbocycles. The Bertz CT molecular complexity index is 513. The fourth-order valence-electron chi connectivity index (χ4n) is 2.96. The number of nitrogens with one attached hydrogen (secondary N) is 1. The fraction of sp³-hybridized carbons (Fsp3) is 0.500. The second-order valence-electron chi connectivity index (χ2n) is 5.48. The standard InChI is InChI=1S/C16H22N2O2/c1-11(17-12(2)19)16(20)18(3)15-10-6-8-13-7-4-5-9-14(13)15/h4-5,7,9,11,15H,6,8,10H2,1-3H3,(H,17,19). The normalized spacial score (nSPS) is 18.9. The van der Waals surface area contributed by atoms with Crippen molar-refractivity contribution in [2.45, 2.75) is 45.2 Å². The molecule has 0 aromatic heterocycles. The van der Waals surface area contributed by atoms with Crippen molar-refractivity contribution in [3.63, 3.8) is 0 Å². The maximum atomic E-state index is 12.4. The number of aryl methyl sites for hydroxylation is 1. The molecule has 108 valence electrons. The lowest BCUT2D eigenvalue weighted by molar-refractivity contribution is -0.136. The molecule has 1 aliphatic rings. The van der Waals surface area contributed by atoms with Gasteiger partial charge in [0.2, 0.25) is 11.8 Å². The number of hydrogen-bond acceptors (Lipinski definition) is 2. The quantitative estimate of drug-likeness (QED) is 0.917. The second-order valence-corrected chi connectivity index (χ2v) is 5.48. The first-order valence-electron chi connectivity index (χ1n) is 7.12. The smallest absolute Gasteiger partial charge is 0.245 e. The molecule has 1 N–H and O–H groups in total. The number of amides is 2. The van der Waals surface area contributed by atoms with Gasteiger partial charge in [0, 0.05) is 14.0 Å². The van der Waals surface area contributed by atoms with E-state index in [9.17, 15) is 9.59 Å². The number of benzene rings is 1. The van der Waals surface area contributed by atoms with E-state index in [0.717, 1.165) is 19.3 Å². The SMILES string of the molecule is CC(=O)NC(C)C(=O)N(C)C1CCCc2ccccc21. The molecular weight excluding hydrogens is 252 g/mol. The lowest BCUT2D eigenvalue weighted by Crippen LogP contribution is -2.46. The summed E-state index contributed by atoms with van der Waals surface area (Å²) >= 11 is 0. The van der Waals surface area contributed by atoms with Gasteiger partial charge in [-0.3, -0.25) is 9.59 Å². The molecule has 2 unspecified atom stereocenters. The highest BCUT2D eigenvalue weighted by Gasteiger charge is 2.28. The Balaban J connectivity index is 2.16. The minimum absolute atomic E-state index is 0.0399. The maximum absolute atomic E-state index is 12.4. The third-order valence-corrected chi connectivity index (χ3v) is 3.94. The van der Waals surface area contributed by atoms with Gasteiger partial charge in [-0.1, -0.05) is 24.3 Å². The van der Waals surface area contributed by atoms with E-state index >= 15 is 0 Å². The predicted molar refractivity (Wildman–Crippen MR) is 78.2 cm³/mol. The highest BCUT2D eigenvalue weighted by molar-refractivity contribution is 5.86. The molecule has 1 aromatic rings. The average molecular weight is 274 g/mol. The molecule has 0 aliphatic heterocycles. The minimum Gasteiger partial charge on any atom is -0.345 e. The fourth-order valence-corrected chi connectivity index (χ4v) is 2.96. The van der Waals surface area contributed by atoms with E-state index in [-0.39, 0.29) is 17.9 Å². The van der Waals surface area contributed by atoms with Gasteiger partial charge in [-0.2, -0.15) is 0 Å². The molecule has 4 nitrogen and oxygen atoms in total. The summed E-state index contributed by atoms with van der Waals surface area (Å²) in [6.45, 7) is 3.16. The highest BCUT2D eigenvalue weighted by Crippen LogP contribution is 2.33. The summed E-state index contributed by atoms with van der Waals surface area (Å²) < 4.78 is 0. The van der Waals surface area contributed by atoms with Crippen LogP contribution in [0, 0.1) is 0 Å². The summed E-state index contributed by atoms with van der Waals surface area (Å²) in [5, 5.41) is 2.66. The number of hydrogen-bond donors (Lipinski definition) is 1. The maximum Gasteiger partial charge on any atom is 0.245 e. The monoisotopic (exact) mass is 274 g/mol. The van der Waals surface area contributed by atoms with Gasteiger partial charge in [0.05, 0.1) is 6.04 Å². The molecule has 2 atom stereocenters. The Morgan fingerprint density at radius 1 is 1.35 bits per heavy atom. The molecule has 0 fully saturated rings. The Kier molecular flexibility index (Phi) is 4.42. The van der Waals surface area contributed by atoms with Gasteiger partial charge in [-0.25, -0.2) is 0 Å². The number of rotatable bonds is 3. The van der Waals surface area contributed by atoms with Crippen LogP contribution in [-0.4, -0.2) is 29.8 Å². The van der Waals surface area contributed by atoms with Gasteiger partial charge in [-0.15, -0.1) is 0 Å². The van der Waals surface area contributed by atoms with Crippen LogP contribution >= 0.6 is 0 Å². The van der Waals surface area contributed by atoms with Crippen molar-refractivity contribution in [1.82, 2.24) is 10.2 Å². The van der Waals surface area contributed by atoms with Gasteiger partial charge < -0.3 is 10.2 Å². The van der Waals surface area contributed by atoms with Crippen molar-refractivity contribution < 1.29 is 9.59 Å². The summed E-state index contributed by atoms with van der Waals surface area (Å²) in [6, 6.07) is 7.94. The van der Waals surface area contributed by atoms with E-state index in [0.29, 0.717) is 0 Å². The van der Waals surface area contributed by atoms with E-state index in [1.165, 1.54) is 18.1 Å². The third kappa shape index (κ3) is 3.00. The largest absolute Gasteiger partial charge is 0.345 e. The number of carbonyl (C=O) groups excluding carboxylic acids is 2. The first-order valence-corrected chi connectivity index (χ1v) is 7.12. The summed E-state index contributed by atoms with van der Waals surface area (Å²) in [5.74, 6) is -0.217. The average Bonchev–Trinajstić information content (AvgIpc) is 2.44. The first-order chi connectivity index (χ1) is 9.50. The van der Waals surface area contributed by atoms with Gasteiger partial charge in [0.15, 0.2) is 0 Å². The summed E-state index contributed by atoms with van der Waals surface area (Å²) in [6.07, 6.45) is 3.15. The summed E-state index contributed by atoms with van der Waals surface area (Å²) in [4.78, 5) is 25.2. The van der Waals surface area contributed by atoms with E-state index in [1.54, 1.807) is 11.8 Å². The van der Waals surface area contributed by atoms with Crippen LogP contribution in [0.4, 0.5) is 0 Å². The molecule has 20 heavy (non-hydrogen) atoms. The Labute approximate surface area is 120 Å². The number of carbonyl (C=O) groups is 2.